The summed E-state index contributed by atoms with van der Waals surface area (Å²) in [5.74, 6) is 0.385. The first-order valence-electron chi connectivity index (χ1n) is 8.13. The fourth-order valence-corrected chi connectivity index (χ4v) is 3.77. The summed E-state index contributed by atoms with van der Waals surface area (Å²) in [6.07, 6.45) is 0.934. The third-order valence-electron chi connectivity index (χ3n) is 4.78. The van der Waals surface area contributed by atoms with E-state index in [1.54, 1.807) is 0 Å². The molecule has 2 aliphatic rings. The van der Waals surface area contributed by atoms with E-state index in [0.717, 1.165) is 32.6 Å². The van der Waals surface area contributed by atoms with Crippen molar-refractivity contribution in [2.45, 2.75) is 38.7 Å². The SMILES string of the molecule is CC(C)(C)OC(=O)N1C[C@@H](c2ccccc2)[C@]2(CCNC2)C1. The topological polar surface area (TPSA) is 41.6 Å². The Morgan fingerprint density at radius 2 is 2.05 bits per heavy atom. The van der Waals surface area contributed by atoms with Gasteiger partial charge in [-0.1, -0.05) is 30.3 Å². The molecule has 0 saturated carbocycles. The van der Waals surface area contributed by atoms with Gasteiger partial charge in [0.05, 0.1) is 0 Å². The zero-order valence-electron chi connectivity index (χ0n) is 13.8. The van der Waals surface area contributed by atoms with Crippen LogP contribution in [-0.2, 0) is 4.74 Å². The summed E-state index contributed by atoms with van der Waals surface area (Å²) in [4.78, 5) is 14.4. The van der Waals surface area contributed by atoms with Crippen molar-refractivity contribution in [1.29, 1.82) is 0 Å². The Morgan fingerprint density at radius 3 is 2.64 bits per heavy atom. The Labute approximate surface area is 132 Å². The smallest absolute Gasteiger partial charge is 0.410 e. The summed E-state index contributed by atoms with van der Waals surface area (Å²) < 4.78 is 5.58. The van der Waals surface area contributed by atoms with Gasteiger partial charge in [0.25, 0.3) is 0 Å². The fourth-order valence-electron chi connectivity index (χ4n) is 3.77. The summed E-state index contributed by atoms with van der Waals surface area (Å²) in [5.41, 5.74) is 1.04. The second kappa shape index (κ2) is 5.58. The third-order valence-corrected chi connectivity index (χ3v) is 4.78. The van der Waals surface area contributed by atoms with Crippen molar-refractivity contribution in [3.8, 4) is 0 Å². The average Bonchev–Trinajstić information content (AvgIpc) is 3.07. The van der Waals surface area contributed by atoms with E-state index in [9.17, 15) is 4.79 Å². The largest absolute Gasteiger partial charge is 0.444 e. The van der Waals surface area contributed by atoms with E-state index in [2.05, 4.69) is 29.6 Å². The number of hydrogen-bond donors (Lipinski definition) is 1. The standard InChI is InChI=1S/C18H26N2O2/c1-17(2,3)22-16(21)20-11-15(14-7-5-4-6-8-14)18(13-20)9-10-19-12-18/h4-8,15,19H,9-13H2,1-3H3/t15-,18-/m0/s1. The van der Waals surface area contributed by atoms with Gasteiger partial charge in [0.2, 0.25) is 0 Å². The number of carbonyl (C=O) groups is 1. The molecule has 0 bridgehead atoms. The van der Waals surface area contributed by atoms with Gasteiger partial charge in [-0.15, -0.1) is 0 Å². The first-order chi connectivity index (χ1) is 10.4. The fraction of sp³-hybridized carbons (Fsp3) is 0.611. The van der Waals surface area contributed by atoms with Crippen LogP contribution in [0.5, 0.6) is 0 Å². The van der Waals surface area contributed by atoms with E-state index in [1.807, 2.05) is 31.7 Å². The Balaban J connectivity index is 1.82. The van der Waals surface area contributed by atoms with Crippen molar-refractivity contribution >= 4 is 6.09 Å². The van der Waals surface area contributed by atoms with Gasteiger partial charge in [-0.2, -0.15) is 0 Å². The number of hydrogen-bond acceptors (Lipinski definition) is 3. The molecule has 2 aliphatic heterocycles. The average molecular weight is 302 g/mol. The maximum Gasteiger partial charge on any atom is 0.410 e. The van der Waals surface area contributed by atoms with E-state index in [4.69, 9.17) is 4.74 Å². The number of amides is 1. The van der Waals surface area contributed by atoms with Gasteiger partial charge in [-0.25, -0.2) is 4.79 Å². The van der Waals surface area contributed by atoms with Gasteiger partial charge in [0.1, 0.15) is 5.60 Å². The monoisotopic (exact) mass is 302 g/mol. The zero-order chi connectivity index (χ0) is 15.8. The molecule has 2 saturated heterocycles. The predicted molar refractivity (Wildman–Crippen MR) is 86.9 cm³/mol. The lowest BCUT2D eigenvalue weighted by molar-refractivity contribution is 0.0275. The number of ether oxygens (including phenoxy) is 1. The normalized spacial score (nSPS) is 28.3. The molecule has 4 nitrogen and oxygen atoms in total. The van der Waals surface area contributed by atoms with Crippen LogP contribution in [0.1, 0.15) is 38.7 Å². The second-order valence-corrected chi connectivity index (χ2v) is 7.61. The molecule has 0 aromatic heterocycles. The Morgan fingerprint density at radius 1 is 1.32 bits per heavy atom. The molecule has 22 heavy (non-hydrogen) atoms. The van der Waals surface area contributed by atoms with E-state index < -0.39 is 5.60 Å². The molecule has 0 unspecified atom stereocenters. The molecule has 2 heterocycles. The van der Waals surface area contributed by atoms with Crippen LogP contribution < -0.4 is 5.32 Å². The highest BCUT2D eigenvalue weighted by molar-refractivity contribution is 5.69. The van der Waals surface area contributed by atoms with Crippen LogP contribution in [-0.4, -0.2) is 42.8 Å². The van der Waals surface area contributed by atoms with Crippen molar-refractivity contribution < 1.29 is 9.53 Å². The van der Waals surface area contributed by atoms with Gasteiger partial charge < -0.3 is 15.0 Å². The number of likely N-dealkylation sites (tertiary alicyclic amines) is 1. The van der Waals surface area contributed by atoms with Gasteiger partial charge in [-0.3, -0.25) is 0 Å². The Bertz CT molecular complexity index is 530. The molecular weight excluding hydrogens is 276 g/mol. The minimum atomic E-state index is -0.441. The number of nitrogens with one attached hydrogen (secondary N) is 1. The molecule has 1 aromatic rings. The minimum absolute atomic E-state index is 0.151. The molecular formula is C18H26N2O2. The lowest BCUT2D eigenvalue weighted by Crippen LogP contribution is -2.37. The highest BCUT2D eigenvalue weighted by Gasteiger charge is 2.50. The van der Waals surface area contributed by atoms with Crippen LogP contribution in [0.25, 0.3) is 0 Å². The lowest BCUT2D eigenvalue weighted by Gasteiger charge is -2.29. The number of nitrogens with zero attached hydrogens (tertiary/aromatic N) is 1. The summed E-state index contributed by atoms with van der Waals surface area (Å²) in [6, 6.07) is 10.6. The van der Waals surface area contributed by atoms with Crippen LogP contribution in [0, 0.1) is 5.41 Å². The summed E-state index contributed by atoms with van der Waals surface area (Å²) >= 11 is 0. The number of carbonyl (C=O) groups excluding carboxylic acids is 1. The van der Waals surface area contributed by atoms with Gasteiger partial charge in [0, 0.05) is 31.0 Å². The molecule has 2 fully saturated rings. The molecule has 1 amide bonds. The first-order valence-corrected chi connectivity index (χ1v) is 8.13. The van der Waals surface area contributed by atoms with Crippen molar-refractivity contribution in [2.24, 2.45) is 5.41 Å². The summed E-state index contributed by atoms with van der Waals surface area (Å²) in [5, 5.41) is 3.48. The Kier molecular flexibility index (Phi) is 3.89. The molecule has 3 rings (SSSR count). The number of benzene rings is 1. The first kappa shape index (κ1) is 15.3. The van der Waals surface area contributed by atoms with Crippen LogP contribution in [0.15, 0.2) is 30.3 Å². The third kappa shape index (κ3) is 2.98. The van der Waals surface area contributed by atoms with Gasteiger partial charge in [-0.05, 0) is 39.3 Å². The maximum atomic E-state index is 12.5. The van der Waals surface area contributed by atoms with Gasteiger partial charge >= 0.3 is 6.09 Å². The molecule has 0 radical (unpaired) electrons. The van der Waals surface area contributed by atoms with E-state index >= 15 is 0 Å². The predicted octanol–water partition coefficient (Wildman–Crippen LogP) is 3.00. The van der Waals surface area contributed by atoms with Crippen molar-refractivity contribution in [1.82, 2.24) is 10.2 Å². The molecule has 120 valence electrons. The molecule has 1 aromatic carbocycles. The Hall–Kier alpha value is -1.55. The quantitative estimate of drug-likeness (QED) is 0.867. The summed E-state index contributed by atoms with van der Waals surface area (Å²) in [6.45, 7) is 9.31. The lowest BCUT2D eigenvalue weighted by atomic mass is 9.74. The van der Waals surface area contributed by atoms with Crippen molar-refractivity contribution in [2.75, 3.05) is 26.2 Å². The van der Waals surface area contributed by atoms with Gasteiger partial charge in [0.15, 0.2) is 0 Å². The maximum absolute atomic E-state index is 12.5. The van der Waals surface area contributed by atoms with E-state index in [1.165, 1.54) is 5.56 Å². The molecule has 0 aliphatic carbocycles. The second-order valence-electron chi connectivity index (χ2n) is 7.61. The van der Waals surface area contributed by atoms with Crippen LogP contribution in [0.2, 0.25) is 0 Å². The van der Waals surface area contributed by atoms with Crippen molar-refractivity contribution in [3.63, 3.8) is 0 Å². The molecule has 1 N–H and O–H groups in total. The highest BCUT2D eigenvalue weighted by Crippen LogP contribution is 2.47. The van der Waals surface area contributed by atoms with E-state index in [0.29, 0.717) is 5.92 Å². The highest BCUT2D eigenvalue weighted by atomic mass is 16.6. The van der Waals surface area contributed by atoms with Crippen molar-refractivity contribution in [3.05, 3.63) is 35.9 Å². The van der Waals surface area contributed by atoms with Crippen LogP contribution in [0.3, 0.4) is 0 Å². The van der Waals surface area contributed by atoms with Crippen LogP contribution >= 0.6 is 0 Å². The molecule has 1 spiro atoms. The molecule has 2 atom stereocenters. The van der Waals surface area contributed by atoms with E-state index in [-0.39, 0.29) is 11.5 Å². The van der Waals surface area contributed by atoms with Crippen LogP contribution in [0.4, 0.5) is 4.79 Å². The molecule has 4 heteroatoms. The zero-order valence-corrected chi connectivity index (χ0v) is 13.8. The minimum Gasteiger partial charge on any atom is -0.444 e. The summed E-state index contributed by atoms with van der Waals surface area (Å²) in [7, 11) is 0. The number of rotatable bonds is 1.